The number of methoxy groups -OCH3 is 2. The molecule has 0 bridgehead atoms. The monoisotopic (exact) mass is 674 g/mol. The van der Waals surface area contributed by atoms with Crippen LogP contribution in [0, 0.1) is 20.2 Å². The van der Waals surface area contributed by atoms with Crippen LogP contribution in [0.25, 0.3) is 0 Å². The Hall–Kier alpha value is -3.70. The fourth-order valence-electron chi connectivity index (χ4n) is 2.61. The van der Waals surface area contributed by atoms with Crippen molar-refractivity contribution in [3.8, 4) is 0 Å². The maximum absolute atomic E-state index is 11.6. The van der Waals surface area contributed by atoms with Gasteiger partial charge in [-0.2, -0.15) is 0 Å². The Morgan fingerprint density at radius 3 is 1.71 bits per heavy atom. The summed E-state index contributed by atoms with van der Waals surface area (Å²) in [6.07, 6.45) is -0.0231. The van der Waals surface area contributed by atoms with Crippen molar-refractivity contribution >= 4 is 75.5 Å². The molecule has 0 aliphatic rings. The lowest BCUT2D eigenvalue weighted by molar-refractivity contribution is -0.406. The van der Waals surface area contributed by atoms with Crippen LogP contribution in [0.2, 0.25) is 15.5 Å². The van der Waals surface area contributed by atoms with Crippen molar-refractivity contribution in [1.82, 2.24) is 9.97 Å². The van der Waals surface area contributed by atoms with Gasteiger partial charge in [0.05, 0.1) is 30.5 Å². The Bertz CT molecular complexity index is 1280. The molecule has 0 radical (unpaired) electrons. The Labute approximate surface area is 259 Å². The van der Waals surface area contributed by atoms with Crippen molar-refractivity contribution in [2.45, 2.75) is 38.8 Å². The van der Waals surface area contributed by atoms with Crippen molar-refractivity contribution in [3.05, 3.63) is 60.0 Å². The zero-order valence-electron chi connectivity index (χ0n) is 22.5. The molecule has 0 saturated carbocycles. The third-order valence-electron chi connectivity index (χ3n) is 4.39. The fourth-order valence-corrected chi connectivity index (χ4v) is 3.17. The smallest absolute Gasteiger partial charge is 0.364 e. The summed E-state index contributed by atoms with van der Waals surface area (Å²) in [6.45, 7) is 2.71. The van der Waals surface area contributed by atoms with Crippen LogP contribution < -0.4 is 23.5 Å². The molecule has 2 heterocycles. The SMILES string of the molecule is COC(=O)C([NH3+])CC(C)=O.COC(=O)[C@@H](CC(C)=O)Nc1nc(Cl)ccc1[N+](=O)[O-].O=[N+]([O-])c1ccc(Cl)nc1Cl.[Cl-]. The maximum atomic E-state index is 11.6. The van der Waals surface area contributed by atoms with Gasteiger partial charge >= 0.3 is 23.3 Å². The third-order valence-corrected chi connectivity index (χ3v) is 5.08. The molecule has 1 unspecified atom stereocenters. The number of Topliss-reactive ketones (excluding diaryl/α,β-unsaturated/α-hetero) is 2. The summed E-state index contributed by atoms with van der Waals surface area (Å²) in [6, 6.07) is 3.30. The molecule has 20 heteroatoms. The van der Waals surface area contributed by atoms with E-state index in [2.05, 4.69) is 30.5 Å². The highest BCUT2D eigenvalue weighted by molar-refractivity contribution is 6.33. The Balaban J connectivity index is 0. The highest BCUT2D eigenvalue weighted by Gasteiger charge is 2.26. The third kappa shape index (κ3) is 15.3. The van der Waals surface area contributed by atoms with Gasteiger partial charge in [0.2, 0.25) is 11.0 Å². The number of nitrogens with one attached hydrogen (secondary N) is 1. The van der Waals surface area contributed by atoms with Crippen molar-refractivity contribution in [2.24, 2.45) is 0 Å². The van der Waals surface area contributed by atoms with Crippen LogP contribution in [0.3, 0.4) is 0 Å². The van der Waals surface area contributed by atoms with Gasteiger partial charge in [0.15, 0.2) is 6.04 Å². The van der Waals surface area contributed by atoms with Gasteiger partial charge in [-0.05, 0) is 26.0 Å². The number of pyridine rings is 2. The van der Waals surface area contributed by atoms with Gasteiger partial charge in [-0.15, -0.1) is 0 Å². The number of rotatable bonds is 10. The minimum absolute atomic E-state index is 0. The first-order valence-electron chi connectivity index (χ1n) is 11.0. The number of nitrogens with zero attached hydrogens (tertiary/aromatic N) is 4. The van der Waals surface area contributed by atoms with Crippen molar-refractivity contribution < 1.29 is 56.6 Å². The number of quaternary nitrogens is 1. The number of hydrogen-bond acceptors (Lipinski definition) is 13. The first-order valence-corrected chi connectivity index (χ1v) is 12.2. The first kappa shape index (κ1) is 40.4. The van der Waals surface area contributed by atoms with Crippen LogP contribution >= 0.6 is 34.8 Å². The van der Waals surface area contributed by atoms with E-state index >= 15 is 0 Å². The molecule has 2 aromatic rings. The van der Waals surface area contributed by atoms with Gasteiger partial charge in [-0.1, -0.05) is 34.8 Å². The number of aromatic nitrogens is 2. The van der Waals surface area contributed by atoms with E-state index < -0.39 is 33.9 Å². The molecule has 0 spiro atoms. The minimum atomic E-state index is -1.07. The number of carbonyl (C=O) groups excluding carboxylic acids is 4. The number of nitro groups is 2. The summed E-state index contributed by atoms with van der Waals surface area (Å²) in [4.78, 5) is 70.7. The van der Waals surface area contributed by atoms with E-state index in [0.29, 0.717) is 0 Å². The van der Waals surface area contributed by atoms with Crippen LogP contribution in [-0.4, -0.2) is 69.6 Å². The standard InChI is InChI=1S/C11H12ClN3O5.C6H11NO3.C5H2Cl2N2O2.ClH/c1-6(16)5-7(11(17)20-2)13-10-8(15(18)19)3-4-9(12)14-10;1-4(8)3-5(7)6(9)10-2;6-4-2-1-3(9(10)11)5(7)8-4;/h3-4,7H,5H2,1-2H3,(H,13,14);5H,3,7H2,1-2H3;1-2H;1H/t7-;;;/m1.../s1. The van der Waals surface area contributed by atoms with Crippen molar-refractivity contribution in [2.75, 3.05) is 19.5 Å². The number of ether oxygens (including phenoxy) is 2. The zero-order chi connectivity index (χ0) is 31.9. The van der Waals surface area contributed by atoms with Gasteiger partial charge in [0.1, 0.15) is 27.9 Å². The number of ketones is 2. The lowest BCUT2D eigenvalue weighted by atomic mass is 10.1. The highest BCUT2D eigenvalue weighted by Crippen LogP contribution is 2.25. The zero-order valence-corrected chi connectivity index (χ0v) is 25.5. The van der Waals surface area contributed by atoms with E-state index in [9.17, 15) is 39.4 Å². The van der Waals surface area contributed by atoms with Crippen molar-refractivity contribution in [3.63, 3.8) is 0 Å². The summed E-state index contributed by atoms with van der Waals surface area (Å²) in [5.41, 5.74) is 2.86. The molecule has 0 fully saturated rings. The van der Waals surface area contributed by atoms with Gasteiger partial charge in [0.25, 0.3) is 0 Å². The number of anilines is 1. The van der Waals surface area contributed by atoms with E-state index in [4.69, 9.17) is 34.8 Å². The number of hydrogen-bond donors (Lipinski definition) is 2. The molecule has 232 valence electrons. The molecule has 0 saturated heterocycles. The van der Waals surface area contributed by atoms with E-state index in [1.807, 2.05) is 0 Å². The van der Waals surface area contributed by atoms with E-state index in [-0.39, 0.29) is 69.5 Å². The predicted octanol–water partition coefficient (Wildman–Crippen LogP) is -0.375. The van der Waals surface area contributed by atoms with Gasteiger partial charge in [-0.25, -0.2) is 19.6 Å². The van der Waals surface area contributed by atoms with Crippen LogP contribution in [0.5, 0.6) is 0 Å². The summed E-state index contributed by atoms with van der Waals surface area (Å²) >= 11 is 16.5. The average molecular weight is 676 g/mol. The number of halogens is 4. The quantitative estimate of drug-likeness (QED) is 0.141. The molecule has 2 aromatic heterocycles. The Morgan fingerprint density at radius 1 is 0.857 bits per heavy atom. The maximum Gasteiger partial charge on any atom is 0.364 e. The van der Waals surface area contributed by atoms with E-state index in [1.54, 1.807) is 0 Å². The number of carbonyl (C=O) groups is 4. The topological polar surface area (TPSA) is 238 Å². The summed E-state index contributed by atoms with van der Waals surface area (Å²) < 4.78 is 8.89. The second-order valence-corrected chi connectivity index (χ2v) is 8.84. The summed E-state index contributed by atoms with van der Waals surface area (Å²) in [7, 11) is 2.43. The van der Waals surface area contributed by atoms with Gasteiger partial charge < -0.3 is 32.9 Å². The molecular formula is C22H26Cl4N6O10. The van der Waals surface area contributed by atoms with Gasteiger partial charge in [-0.3, -0.25) is 29.8 Å². The summed E-state index contributed by atoms with van der Waals surface area (Å²) in [5, 5.41) is 23.5. The molecule has 0 aliphatic carbocycles. The van der Waals surface area contributed by atoms with Crippen molar-refractivity contribution in [1.29, 1.82) is 0 Å². The van der Waals surface area contributed by atoms with Gasteiger partial charge in [0, 0.05) is 18.6 Å². The summed E-state index contributed by atoms with van der Waals surface area (Å²) in [5.74, 6) is -1.69. The molecule has 0 aromatic carbocycles. The molecule has 2 atom stereocenters. The molecule has 16 nitrogen and oxygen atoms in total. The Morgan fingerprint density at radius 2 is 1.31 bits per heavy atom. The highest BCUT2D eigenvalue weighted by atomic mass is 35.5. The normalized spacial score (nSPS) is 11.0. The van der Waals surface area contributed by atoms with Crippen LogP contribution in [0.4, 0.5) is 17.2 Å². The predicted molar refractivity (Wildman–Crippen MR) is 146 cm³/mol. The van der Waals surface area contributed by atoms with E-state index in [1.165, 1.54) is 39.2 Å². The number of esters is 2. The van der Waals surface area contributed by atoms with Crippen LogP contribution in [0.1, 0.15) is 26.7 Å². The second kappa shape index (κ2) is 20.2. The molecule has 0 aliphatic heterocycles. The van der Waals surface area contributed by atoms with E-state index in [0.717, 1.165) is 13.2 Å². The van der Waals surface area contributed by atoms with Crippen LogP contribution in [0.15, 0.2) is 24.3 Å². The molecule has 4 N–H and O–H groups in total. The Kier molecular flexibility index (Phi) is 19.5. The average Bonchev–Trinajstić information content (AvgIpc) is 2.87. The largest absolute Gasteiger partial charge is 1.00 e. The lowest BCUT2D eigenvalue weighted by Gasteiger charge is -2.15. The molecule has 42 heavy (non-hydrogen) atoms. The van der Waals surface area contributed by atoms with Crippen LogP contribution in [-0.2, 0) is 28.7 Å². The molecule has 0 amide bonds. The molecule has 2 rings (SSSR count). The fraction of sp³-hybridized carbons (Fsp3) is 0.364. The lowest BCUT2D eigenvalue weighted by Crippen LogP contribution is -3.00. The molecular weight excluding hydrogens is 650 g/mol. The first-order chi connectivity index (χ1) is 19.0. The second-order valence-electron chi connectivity index (χ2n) is 7.71. The minimum Gasteiger partial charge on any atom is -1.00 e.